The van der Waals surface area contributed by atoms with Crippen molar-refractivity contribution in [2.45, 2.75) is 57.5 Å². The smallest absolute Gasteiger partial charge is 0.0510 e. The molecule has 0 aliphatic heterocycles. The summed E-state index contributed by atoms with van der Waals surface area (Å²) in [7, 11) is 2.22. The molecule has 0 saturated heterocycles. The van der Waals surface area contributed by atoms with E-state index in [-0.39, 0.29) is 6.04 Å². The van der Waals surface area contributed by atoms with E-state index in [4.69, 9.17) is 5.73 Å². The Labute approximate surface area is 125 Å². The van der Waals surface area contributed by atoms with E-state index in [0.717, 1.165) is 4.47 Å². The second-order valence-corrected chi connectivity index (χ2v) is 6.61. The van der Waals surface area contributed by atoms with Gasteiger partial charge in [0, 0.05) is 23.6 Å². The zero-order valence-corrected chi connectivity index (χ0v) is 13.6. The van der Waals surface area contributed by atoms with E-state index in [1.807, 2.05) is 6.92 Å². The molecule has 0 bridgehead atoms. The molecule has 3 heteroatoms. The summed E-state index contributed by atoms with van der Waals surface area (Å²) in [5.74, 6) is 0. The van der Waals surface area contributed by atoms with Gasteiger partial charge in [0.1, 0.15) is 0 Å². The SMILES string of the molecule is CC(N)c1ccc(N(C)C2CCCCCC2)c(Br)c1. The summed E-state index contributed by atoms with van der Waals surface area (Å²) in [6.45, 7) is 2.02. The molecule has 19 heavy (non-hydrogen) atoms. The number of nitrogens with two attached hydrogens (primary N) is 1. The van der Waals surface area contributed by atoms with Crippen molar-refractivity contribution in [3.8, 4) is 0 Å². The molecule has 0 aromatic heterocycles. The lowest BCUT2D eigenvalue weighted by atomic mass is 10.1. The molecule has 1 aromatic rings. The number of anilines is 1. The normalized spacial score (nSPS) is 18.9. The molecule has 1 atom stereocenters. The zero-order valence-electron chi connectivity index (χ0n) is 12.0. The molecule has 2 N–H and O–H groups in total. The average molecular weight is 325 g/mol. The van der Waals surface area contributed by atoms with Crippen molar-refractivity contribution in [2.75, 3.05) is 11.9 Å². The quantitative estimate of drug-likeness (QED) is 0.821. The topological polar surface area (TPSA) is 29.3 Å². The van der Waals surface area contributed by atoms with Crippen molar-refractivity contribution >= 4 is 21.6 Å². The molecule has 1 unspecified atom stereocenters. The third-order valence-corrected chi connectivity index (χ3v) is 4.89. The maximum Gasteiger partial charge on any atom is 0.0510 e. The van der Waals surface area contributed by atoms with Crippen LogP contribution < -0.4 is 10.6 Å². The Balaban J connectivity index is 2.15. The molecule has 0 radical (unpaired) electrons. The molecule has 1 fully saturated rings. The first kappa shape index (κ1) is 14.9. The van der Waals surface area contributed by atoms with Crippen LogP contribution in [0.3, 0.4) is 0 Å². The van der Waals surface area contributed by atoms with Gasteiger partial charge in [0.15, 0.2) is 0 Å². The minimum Gasteiger partial charge on any atom is -0.371 e. The van der Waals surface area contributed by atoms with Gasteiger partial charge in [-0.1, -0.05) is 31.7 Å². The second-order valence-electron chi connectivity index (χ2n) is 5.76. The van der Waals surface area contributed by atoms with Gasteiger partial charge in [-0.3, -0.25) is 0 Å². The fourth-order valence-corrected chi connectivity index (χ4v) is 3.61. The highest BCUT2D eigenvalue weighted by atomic mass is 79.9. The second kappa shape index (κ2) is 6.76. The van der Waals surface area contributed by atoms with Gasteiger partial charge in [-0.15, -0.1) is 0 Å². The van der Waals surface area contributed by atoms with Crippen LogP contribution in [0.25, 0.3) is 0 Å². The fourth-order valence-electron chi connectivity index (χ4n) is 2.93. The van der Waals surface area contributed by atoms with Gasteiger partial charge in [0.25, 0.3) is 0 Å². The number of halogens is 1. The molecule has 1 aliphatic rings. The van der Waals surface area contributed by atoms with Crippen molar-refractivity contribution in [3.63, 3.8) is 0 Å². The van der Waals surface area contributed by atoms with E-state index in [1.54, 1.807) is 0 Å². The van der Waals surface area contributed by atoms with Crippen LogP contribution in [0.1, 0.15) is 57.1 Å². The van der Waals surface area contributed by atoms with Gasteiger partial charge in [-0.25, -0.2) is 0 Å². The predicted octanol–water partition coefficient (Wildman–Crippen LogP) is 4.63. The van der Waals surface area contributed by atoms with Crippen LogP contribution >= 0.6 is 15.9 Å². The van der Waals surface area contributed by atoms with Crippen LogP contribution in [0.4, 0.5) is 5.69 Å². The summed E-state index contributed by atoms with van der Waals surface area (Å²) in [5, 5.41) is 0. The maximum atomic E-state index is 5.94. The number of rotatable bonds is 3. The number of nitrogens with zero attached hydrogens (tertiary/aromatic N) is 1. The van der Waals surface area contributed by atoms with Gasteiger partial charge in [0.05, 0.1) is 5.69 Å². The zero-order chi connectivity index (χ0) is 13.8. The lowest BCUT2D eigenvalue weighted by Crippen LogP contribution is -2.31. The first-order valence-corrected chi connectivity index (χ1v) is 8.16. The monoisotopic (exact) mass is 324 g/mol. The number of hydrogen-bond acceptors (Lipinski definition) is 2. The molecular weight excluding hydrogens is 300 g/mol. The summed E-state index contributed by atoms with van der Waals surface area (Å²) < 4.78 is 1.16. The van der Waals surface area contributed by atoms with Crippen molar-refractivity contribution in [3.05, 3.63) is 28.2 Å². The Morgan fingerprint density at radius 3 is 2.37 bits per heavy atom. The highest BCUT2D eigenvalue weighted by Gasteiger charge is 2.19. The van der Waals surface area contributed by atoms with Crippen molar-refractivity contribution in [1.82, 2.24) is 0 Å². The molecule has 106 valence electrons. The molecule has 1 aliphatic carbocycles. The summed E-state index contributed by atoms with van der Waals surface area (Å²) >= 11 is 3.70. The molecule has 0 heterocycles. The third-order valence-electron chi connectivity index (χ3n) is 4.25. The van der Waals surface area contributed by atoms with E-state index < -0.39 is 0 Å². The Kier molecular flexibility index (Phi) is 5.28. The Morgan fingerprint density at radius 2 is 1.84 bits per heavy atom. The van der Waals surface area contributed by atoms with Crippen molar-refractivity contribution < 1.29 is 0 Å². The summed E-state index contributed by atoms with van der Waals surface area (Å²) in [5.41, 5.74) is 8.41. The largest absolute Gasteiger partial charge is 0.371 e. The minimum absolute atomic E-state index is 0.0912. The van der Waals surface area contributed by atoms with E-state index >= 15 is 0 Å². The van der Waals surface area contributed by atoms with Crippen LogP contribution in [-0.4, -0.2) is 13.1 Å². The predicted molar refractivity (Wildman–Crippen MR) is 86.6 cm³/mol. The first-order chi connectivity index (χ1) is 9.09. The molecular formula is C16H25BrN2. The van der Waals surface area contributed by atoms with Gasteiger partial charge in [0.2, 0.25) is 0 Å². The van der Waals surface area contributed by atoms with Gasteiger partial charge < -0.3 is 10.6 Å². The van der Waals surface area contributed by atoms with Crippen LogP contribution in [0.15, 0.2) is 22.7 Å². The minimum atomic E-state index is 0.0912. The highest BCUT2D eigenvalue weighted by molar-refractivity contribution is 9.10. The van der Waals surface area contributed by atoms with Crippen molar-refractivity contribution in [2.24, 2.45) is 5.73 Å². The Morgan fingerprint density at radius 1 is 1.21 bits per heavy atom. The maximum absolute atomic E-state index is 5.94. The van der Waals surface area contributed by atoms with E-state index in [1.165, 1.54) is 49.8 Å². The standard InChI is InChI=1S/C16H25BrN2/c1-12(18)13-9-10-16(15(17)11-13)19(2)14-7-5-3-4-6-8-14/h9-12,14H,3-8,18H2,1-2H3. The summed E-state index contributed by atoms with van der Waals surface area (Å²) in [6.07, 6.45) is 8.16. The third kappa shape index (κ3) is 3.73. The van der Waals surface area contributed by atoms with Crippen molar-refractivity contribution in [1.29, 1.82) is 0 Å². The Bertz CT molecular complexity index is 409. The van der Waals surface area contributed by atoms with E-state index in [2.05, 4.69) is 46.1 Å². The molecule has 2 rings (SSSR count). The van der Waals surface area contributed by atoms with Gasteiger partial charge in [-0.2, -0.15) is 0 Å². The number of benzene rings is 1. The lowest BCUT2D eigenvalue weighted by Gasteiger charge is -2.30. The van der Waals surface area contributed by atoms with Crippen LogP contribution in [-0.2, 0) is 0 Å². The molecule has 0 spiro atoms. The molecule has 0 amide bonds. The van der Waals surface area contributed by atoms with Crippen LogP contribution in [0.2, 0.25) is 0 Å². The average Bonchev–Trinajstić information content (AvgIpc) is 2.66. The Hall–Kier alpha value is -0.540. The molecule has 1 aromatic carbocycles. The molecule has 1 saturated carbocycles. The van der Waals surface area contributed by atoms with E-state index in [0.29, 0.717) is 6.04 Å². The lowest BCUT2D eigenvalue weighted by molar-refractivity contribution is 0.552. The fraction of sp³-hybridized carbons (Fsp3) is 0.625. The van der Waals surface area contributed by atoms with Crippen LogP contribution in [0.5, 0.6) is 0 Å². The summed E-state index contributed by atoms with van der Waals surface area (Å²) in [4.78, 5) is 2.44. The first-order valence-electron chi connectivity index (χ1n) is 7.37. The molecule has 2 nitrogen and oxygen atoms in total. The summed E-state index contributed by atoms with van der Waals surface area (Å²) in [6, 6.07) is 7.28. The highest BCUT2D eigenvalue weighted by Crippen LogP contribution is 2.32. The van der Waals surface area contributed by atoms with Gasteiger partial charge >= 0.3 is 0 Å². The van der Waals surface area contributed by atoms with Gasteiger partial charge in [-0.05, 0) is 53.4 Å². The van der Waals surface area contributed by atoms with E-state index in [9.17, 15) is 0 Å². The van der Waals surface area contributed by atoms with Crippen LogP contribution in [0, 0.1) is 0 Å². The number of hydrogen-bond donors (Lipinski definition) is 1.